The molecule has 3 saturated carbocycles. The summed E-state index contributed by atoms with van der Waals surface area (Å²) in [5.74, 6) is -1.86. The van der Waals surface area contributed by atoms with E-state index in [4.69, 9.17) is 0 Å². The molecule has 0 bridgehead atoms. The molecule has 9 heteroatoms. The van der Waals surface area contributed by atoms with Crippen molar-refractivity contribution in [3.63, 3.8) is 0 Å². The van der Waals surface area contributed by atoms with Gasteiger partial charge in [0.25, 0.3) is 0 Å². The van der Waals surface area contributed by atoms with Gasteiger partial charge in [0, 0.05) is 18.4 Å². The number of nitrogens with one attached hydrogen (secondary N) is 1. The Bertz CT molecular complexity index is 763. The lowest BCUT2D eigenvalue weighted by Crippen LogP contribution is -2.44. The van der Waals surface area contributed by atoms with Crippen LogP contribution in [-0.2, 0) is 9.59 Å². The third-order valence-corrected chi connectivity index (χ3v) is 6.34. The van der Waals surface area contributed by atoms with Crippen LogP contribution in [0.5, 0.6) is 0 Å². The third kappa shape index (κ3) is 4.87. The lowest BCUT2D eigenvalue weighted by molar-refractivity contribution is -0.140. The SMILES string of the molecule is O=C(CN(C[C@@H]1C[C@@H]1F)C(=O)C1CCC(C2(F)CC2)CC1)Nc1ncc(F)cn1. The minimum atomic E-state index is -1.03. The smallest absolute Gasteiger partial charge is 0.246 e. The van der Waals surface area contributed by atoms with Crippen LogP contribution >= 0.6 is 0 Å². The van der Waals surface area contributed by atoms with Gasteiger partial charge in [-0.3, -0.25) is 14.9 Å². The average molecular weight is 410 g/mol. The van der Waals surface area contributed by atoms with Crippen LogP contribution in [-0.4, -0.2) is 51.6 Å². The number of alkyl halides is 2. The molecule has 0 aromatic carbocycles. The van der Waals surface area contributed by atoms with Crippen molar-refractivity contribution in [2.45, 2.75) is 56.8 Å². The quantitative estimate of drug-likeness (QED) is 0.750. The summed E-state index contributed by atoms with van der Waals surface area (Å²) in [5.41, 5.74) is -1.03. The molecule has 0 radical (unpaired) electrons. The Balaban J connectivity index is 1.35. The van der Waals surface area contributed by atoms with Crippen LogP contribution in [0.4, 0.5) is 19.1 Å². The normalized spacial score (nSPS) is 29.8. The molecule has 4 rings (SSSR count). The van der Waals surface area contributed by atoms with Crippen LogP contribution in [0.25, 0.3) is 0 Å². The highest BCUT2D eigenvalue weighted by molar-refractivity contribution is 5.93. The second kappa shape index (κ2) is 7.91. The highest BCUT2D eigenvalue weighted by atomic mass is 19.1. The minimum absolute atomic E-state index is 0.0255. The lowest BCUT2D eigenvalue weighted by Gasteiger charge is -2.33. The minimum Gasteiger partial charge on any atom is -0.333 e. The number of nitrogens with zero attached hydrogens (tertiary/aromatic N) is 3. The Morgan fingerprint density at radius 2 is 1.79 bits per heavy atom. The van der Waals surface area contributed by atoms with Crippen molar-refractivity contribution in [1.82, 2.24) is 14.9 Å². The van der Waals surface area contributed by atoms with Gasteiger partial charge in [0.1, 0.15) is 11.8 Å². The van der Waals surface area contributed by atoms with Crippen LogP contribution in [0.1, 0.15) is 44.9 Å². The second-order valence-corrected chi connectivity index (χ2v) is 8.59. The Labute approximate surface area is 167 Å². The molecule has 1 aromatic heterocycles. The lowest BCUT2D eigenvalue weighted by atomic mass is 9.78. The van der Waals surface area contributed by atoms with Crippen molar-refractivity contribution in [2.24, 2.45) is 17.8 Å². The summed E-state index contributed by atoms with van der Waals surface area (Å²) < 4.78 is 40.6. The van der Waals surface area contributed by atoms with E-state index in [9.17, 15) is 22.8 Å². The van der Waals surface area contributed by atoms with Gasteiger partial charge in [0.05, 0.1) is 18.9 Å². The molecule has 0 saturated heterocycles. The van der Waals surface area contributed by atoms with E-state index in [0.717, 1.165) is 12.4 Å². The molecule has 0 spiro atoms. The number of hydrogen-bond donors (Lipinski definition) is 1. The predicted molar refractivity (Wildman–Crippen MR) is 98.7 cm³/mol. The number of rotatable bonds is 7. The van der Waals surface area contributed by atoms with Crippen molar-refractivity contribution in [2.75, 3.05) is 18.4 Å². The molecule has 2 amide bonds. The number of anilines is 1. The molecule has 1 heterocycles. The summed E-state index contributed by atoms with van der Waals surface area (Å²) in [7, 11) is 0. The fourth-order valence-corrected chi connectivity index (χ4v) is 4.27. The molecular formula is C20H25F3N4O2. The number of carbonyl (C=O) groups excluding carboxylic acids is 2. The molecule has 1 aromatic rings. The molecule has 0 unspecified atom stereocenters. The van der Waals surface area contributed by atoms with Crippen molar-refractivity contribution in [3.8, 4) is 0 Å². The van der Waals surface area contributed by atoms with Crippen molar-refractivity contribution < 1.29 is 22.8 Å². The number of carbonyl (C=O) groups is 2. The van der Waals surface area contributed by atoms with E-state index in [2.05, 4.69) is 15.3 Å². The van der Waals surface area contributed by atoms with Gasteiger partial charge in [-0.25, -0.2) is 23.1 Å². The van der Waals surface area contributed by atoms with E-state index in [0.29, 0.717) is 44.9 Å². The second-order valence-electron chi connectivity index (χ2n) is 8.59. The van der Waals surface area contributed by atoms with Gasteiger partial charge in [-0.05, 0) is 50.9 Å². The van der Waals surface area contributed by atoms with E-state index in [1.54, 1.807) is 0 Å². The van der Waals surface area contributed by atoms with E-state index in [-0.39, 0.29) is 42.7 Å². The van der Waals surface area contributed by atoms with E-state index >= 15 is 0 Å². The summed E-state index contributed by atoms with van der Waals surface area (Å²) in [6.07, 6.45) is 5.09. The summed E-state index contributed by atoms with van der Waals surface area (Å²) in [6, 6.07) is 0. The van der Waals surface area contributed by atoms with Gasteiger partial charge in [-0.1, -0.05) is 0 Å². The molecule has 0 aliphatic heterocycles. The highest BCUT2D eigenvalue weighted by Gasteiger charge is 2.51. The Morgan fingerprint density at radius 1 is 1.17 bits per heavy atom. The third-order valence-electron chi connectivity index (χ3n) is 6.34. The fraction of sp³-hybridized carbons (Fsp3) is 0.700. The first kappa shape index (κ1) is 20.1. The summed E-state index contributed by atoms with van der Waals surface area (Å²) in [4.78, 5) is 34.1. The first-order valence-corrected chi connectivity index (χ1v) is 10.2. The predicted octanol–water partition coefficient (Wildman–Crippen LogP) is 3.05. The monoisotopic (exact) mass is 410 g/mol. The topological polar surface area (TPSA) is 75.2 Å². The molecule has 1 N–H and O–H groups in total. The Hall–Kier alpha value is -2.19. The van der Waals surface area contributed by atoms with Crippen LogP contribution in [0.3, 0.4) is 0 Å². The maximum atomic E-state index is 14.3. The van der Waals surface area contributed by atoms with Crippen LogP contribution in [0.15, 0.2) is 12.4 Å². The molecular weight excluding hydrogens is 385 g/mol. The zero-order valence-corrected chi connectivity index (χ0v) is 16.1. The maximum absolute atomic E-state index is 14.3. The van der Waals surface area contributed by atoms with Gasteiger partial charge in [0.15, 0.2) is 5.82 Å². The molecule has 3 aliphatic rings. The van der Waals surface area contributed by atoms with Crippen molar-refractivity contribution in [1.29, 1.82) is 0 Å². The molecule has 158 valence electrons. The molecule has 2 atom stereocenters. The molecule has 29 heavy (non-hydrogen) atoms. The average Bonchev–Trinajstić information content (AvgIpc) is 3.62. The van der Waals surface area contributed by atoms with Gasteiger partial charge < -0.3 is 4.90 Å². The number of hydrogen-bond acceptors (Lipinski definition) is 4. The summed E-state index contributed by atoms with van der Waals surface area (Å²) in [6.45, 7) is -0.0551. The zero-order valence-electron chi connectivity index (χ0n) is 16.1. The summed E-state index contributed by atoms with van der Waals surface area (Å²) in [5, 5.41) is 2.43. The van der Waals surface area contributed by atoms with Crippen molar-refractivity contribution in [3.05, 3.63) is 18.2 Å². The zero-order chi connectivity index (χ0) is 20.6. The van der Waals surface area contributed by atoms with Gasteiger partial charge in [-0.15, -0.1) is 0 Å². The van der Waals surface area contributed by atoms with Crippen LogP contribution < -0.4 is 5.32 Å². The molecule has 3 fully saturated rings. The number of aromatic nitrogens is 2. The maximum Gasteiger partial charge on any atom is 0.246 e. The summed E-state index contributed by atoms with van der Waals surface area (Å²) >= 11 is 0. The fourth-order valence-electron chi connectivity index (χ4n) is 4.27. The standard InChI is InChI=1S/C20H25F3N4O2/c21-15-8-24-19(25-9-15)26-17(28)11-27(10-13-7-16(13)22)18(29)12-1-3-14(4-2-12)20(23)5-6-20/h8-9,12-14,16H,1-7,10-11H2,(H,24,25,26,28)/t12?,13-,14?,16-/m0/s1. The van der Waals surface area contributed by atoms with Gasteiger partial charge in [-0.2, -0.15) is 0 Å². The largest absolute Gasteiger partial charge is 0.333 e. The highest BCUT2D eigenvalue weighted by Crippen LogP contribution is 2.52. The van der Waals surface area contributed by atoms with Gasteiger partial charge >= 0.3 is 0 Å². The first-order valence-electron chi connectivity index (χ1n) is 10.2. The van der Waals surface area contributed by atoms with Gasteiger partial charge in [0.2, 0.25) is 17.8 Å². The Kier molecular flexibility index (Phi) is 5.48. The molecule has 6 nitrogen and oxygen atoms in total. The van der Waals surface area contributed by atoms with Crippen LogP contribution in [0.2, 0.25) is 0 Å². The molecule has 3 aliphatic carbocycles. The van der Waals surface area contributed by atoms with E-state index < -0.39 is 23.6 Å². The van der Waals surface area contributed by atoms with E-state index in [1.165, 1.54) is 4.90 Å². The number of amides is 2. The van der Waals surface area contributed by atoms with Crippen LogP contribution in [0, 0.1) is 23.6 Å². The van der Waals surface area contributed by atoms with E-state index in [1.807, 2.05) is 0 Å². The van der Waals surface area contributed by atoms with Crippen molar-refractivity contribution >= 4 is 17.8 Å². The number of halogens is 3. The first-order chi connectivity index (χ1) is 13.8. The Morgan fingerprint density at radius 3 is 2.34 bits per heavy atom.